The van der Waals surface area contributed by atoms with Crippen molar-refractivity contribution in [3.05, 3.63) is 29.8 Å². The molecule has 0 saturated heterocycles. The fourth-order valence-electron chi connectivity index (χ4n) is 5.85. The Kier molecular flexibility index (Phi) is 4.96. The van der Waals surface area contributed by atoms with Crippen molar-refractivity contribution in [2.75, 3.05) is 7.11 Å². The normalized spacial score (nSPS) is 32.8. The predicted molar refractivity (Wildman–Crippen MR) is 103 cm³/mol. The third-order valence-corrected chi connectivity index (χ3v) is 7.21. The molecule has 3 N–H and O–H groups in total. The fraction of sp³-hybridized carbons (Fsp3) is 0.682. The molecule has 4 heteroatoms. The minimum Gasteiger partial charge on any atom is -0.497 e. The van der Waals surface area contributed by atoms with Gasteiger partial charge in [0.2, 0.25) is 5.91 Å². The second-order valence-electron chi connectivity index (χ2n) is 8.70. The third-order valence-electron chi connectivity index (χ3n) is 7.21. The van der Waals surface area contributed by atoms with Crippen molar-refractivity contribution >= 4 is 5.91 Å². The van der Waals surface area contributed by atoms with E-state index in [1.165, 1.54) is 19.3 Å². The summed E-state index contributed by atoms with van der Waals surface area (Å²) in [4.78, 5) is 13.5. The van der Waals surface area contributed by atoms with Crippen LogP contribution in [0.15, 0.2) is 24.3 Å². The second-order valence-corrected chi connectivity index (χ2v) is 8.70. The van der Waals surface area contributed by atoms with E-state index in [9.17, 15) is 4.79 Å². The molecule has 3 aliphatic rings. The molecule has 4 rings (SSSR count). The molecule has 0 radical (unpaired) electrons. The standard InChI is InChI=1S/C22H32N2O2/c1-26-19-9-7-17(8-10-19)22(11-2-3-12-22)21(25)24-20-15-5-4-6-16(20)14-18(23)13-15/h7-10,15-16,18,20H,2-6,11-14,23H2,1H3,(H,24,25). The maximum absolute atomic E-state index is 13.5. The first-order valence-electron chi connectivity index (χ1n) is 10.3. The molecule has 2 atom stereocenters. The van der Waals surface area contributed by atoms with Crippen LogP contribution < -0.4 is 15.8 Å². The Morgan fingerprint density at radius 3 is 2.27 bits per heavy atom. The Balaban J connectivity index is 1.56. The minimum atomic E-state index is -0.361. The van der Waals surface area contributed by atoms with Gasteiger partial charge in [-0.3, -0.25) is 4.79 Å². The number of hydrogen-bond donors (Lipinski definition) is 2. The Morgan fingerprint density at radius 2 is 1.69 bits per heavy atom. The van der Waals surface area contributed by atoms with Crippen LogP contribution in [0, 0.1) is 11.8 Å². The number of nitrogens with two attached hydrogens (primary N) is 1. The Bertz CT molecular complexity index is 622. The van der Waals surface area contributed by atoms with E-state index in [0.29, 0.717) is 23.9 Å². The number of nitrogens with one attached hydrogen (secondary N) is 1. The first kappa shape index (κ1) is 17.8. The van der Waals surface area contributed by atoms with Crippen molar-refractivity contribution in [3.8, 4) is 5.75 Å². The molecule has 142 valence electrons. The van der Waals surface area contributed by atoms with Crippen LogP contribution in [0.1, 0.15) is 63.4 Å². The van der Waals surface area contributed by atoms with Crippen LogP contribution in [-0.2, 0) is 10.2 Å². The molecule has 4 nitrogen and oxygen atoms in total. The van der Waals surface area contributed by atoms with E-state index >= 15 is 0 Å². The highest BCUT2D eigenvalue weighted by molar-refractivity contribution is 5.89. The monoisotopic (exact) mass is 356 g/mol. The van der Waals surface area contributed by atoms with Crippen molar-refractivity contribution in [2.45, 2.75) is 75.3 Å². The highest BCUT2D eigenvalue weighted by atomic mass is 16.5. The SMILES string of the molecule is COc1ccc(C2(C(=O)NC3C4CCCC3CC(N)C4)CCCC2)cc1. The summed E-state index contributed by atoms with van der Waals surface area (Å²) in [6.45, 7) is 0. The van der Waals surface area contributed by atoms with Crippen LogP contribution in [0.4, 0.5) is 0 Å². The molecule has 1 aromatic carbocycles. The van der Waals surface area contributed by atoms with E-state index in [1.807, 2.05) is 12.1 Å². The maximum atomic E-state index is 13.5. The van der Waals surface area contributed by atoms with Gasteiger partial charge in [-0.2, -0.15) is 0 Å². The van der Waals surface area contributed by atoms with Crippen molar-refractivity contribution in [2.24, 2.45) is 17.6 Å². The number of amides is 1. The van der Waals surface area contributed by atoms with Crippen molar-refractivity contribution in [1.29, 1.82) is 0 Å². The van der Waals surface area contributed by atoms with E-state index < -0.39 is 0 Å². The summed E-state index contributed by atoms with van der Waals surface area (Å²) < 4.78 is 5.29. The van der Waals surface area contributed by atoms with Gasteiger partial charge in [0.25, 0.3) is 0 Å². The van der Waals surface area contributed by atoms with Gasteiger partial charge in [-0.1, -0.05) is 31.4 Å². The highest BCUT2D eigenvalue weighted by Gasteiger charge is 2.46. The maximum Gasteiger partial charge on any atom is 0.230 e. The van der Waals surface area contributed by atoms with Gasteiger partial charge in [-0.25, -0.2) is 0 Å². The number of hydrogen-bond acceptors (Lipinski definition) is 3. The molecule has 0 aliphatic heterocycles. The lowest BCUT2D eigenvalue weighted by Gasteiger charge is -2.46. The highest BCUT2D eigenvalue weighted by Crippen LogP contribution is 2.44. The topological polar surface area (TPSA) is 64.3 Å². The largest absolute Gasteiger partial charge is 0.497 e. The van der Waals surface area contributed by atoms with E-state index in [0.717, 1.165) is 49.8 Å². The fourth-order valence-corrected chi connectivity index (χ4v) is 5.85. The van der Waals surface area contributed by atoms with Gasteiger partial charge < -0.3 is 15.8 Å². The quantitative estimate of drug-likeness (QED) is 0.867. The third kappa shape index (κ3) is 3.13. The molecule has 0 spiro atoms. The molecule has 1 aromatic rings. The van der Waals surface area contributed by atoms with Gasteiger partial charge in [0.05, 0.1) is 12.5 Å². The molecule has 1 amide bonds. The zero-order valence-electron chi connectivity index (χ0n) is 15.9. The molecule has 0 aromatic heterocycles. The Labute approximate surface area is 156 Å². The van der Waals surface area contributed by atoms with Crippen LogP contribution in [0.25, 0.3) is 0 Å². The lowest BCUT2D eigenvalue weighted by Crippen LogP contribution is -2.57. The number of rotatable bonds is 4. The molecule has 3 aliphatic carbocycles. The molecule has 0 heterocycles. The van der Waals surface area contributed by atoms with Crippen LogP contribution in [-0.4, -0.2) is 25.1 Å². The number of carbonyl (C=O) groups is 1. The minimum absolute atomic E-state index is 0.248. The zero-order chi connectivity index (χ0) is 18.1. The van der Waals surface area contributed by atoms with Crippen LogP contribution >= 0.6 is 0 Å². The number of methoxy groups -OCH3 is 1. The first-order chi connectivity index (χ1) is 12.6. The van der Waals surface area contributed by atoms with Gasteiger partial charge in [0.1, 0.15) is 5.75 Å². The van der Waals surface area contributed by atoms with Crippen LogP contribution in [0.2, 0.25) is 0 Å². The summed E-state index contributed by atoms with van der Waals surface area (Å²) >= 11 is 0. The summed E-state index contributed by atoms with van der Waals surface area (Å²) in [7, 11) is 1.68. The van der Waals surface area contributed by atoms with Gasteiger partial charge >= 0.3 is 0 Å². The summed E-state index contributed by atoms with van der Waals surface area (Å²) in [5.74, 6) is 2.22. The van der Waals surface area contributed by atoms with Crippen molar-refractivity contribution in [3.63, 3.8) is 0 Å². The summed E-state index contributed by atoms with van der Waals surface area (Å²) in [5, 5.41) is 3.53. The lowest BCUT2D eigenvalue weighted by atomic mass is 9.66. The van der Waals surface area contributed by atoms with E-state index in [4.69, 9.17) is 10.5 Å². The Morgan fingerprint density at radius 1 is 1.08 bits per heavy atom. The number of carbonyl (C=O) groups excluding carboxylic acids is 1. The van der Waals surface area contributed by atoms with E-state index in [-0.39, 0.29) is 11.3 Å². The molecular formula is C22H32N2O2. The lowest BCUT2D eigenvalue weighted by molar-refractivity contribution is -0.129. The van der Waals surface area contributed by atoms with Crippen molar-refractivity contribution < 1.29 is 9.53 Å². The van der Waals surface area contributed by atoms with Gasteiger partial charge in [0.15, 0.2) is 0 Å². The number of ether oxygens (including phenoxy) is 1. The summed E-state index contributed by atoms with van der Waals surface area (Å²) in [6, 6.07) is 8.78. The number of benzene rings is 1. The second kappa shape index (κ2) is 7.22. The molecule has 2 unspecified atom stereocenters. The van der Waals surface area contributed by atoms with Gasteiger partial charge in [-0.05, 0) is 68.1 Å². The van der Waals surface area contributed by atoms with Gasteiger partial charge in [0, 0.05) is 12.1 Å². The molecular weight excluding hydrogens is 324 g/mol. The molecule has 3 fully saturated rings. The molecule has 26 heavy (non-hydrogen) atoms. The first-order valence-corrected chi connectivity index (χ1v) is 10.3. The Hall–Kier alpha value is -1.55. The smallest absolute Gasteiger partial charge is 0.230 e. The molecule has 2 bridgehead atoms. The average Bonchev–Trinajstić information content (AvgIpc) is 3.14. The number of fused-ring (bicyclic) bond motifs is 2. The average molecular weight is 357 g/mol. The zero-order valence-corrected chi connectivity index (χ0v) is 15.9. The van der Waals surface area contributed by atoms with E-state index in [1.54, 1.807) is 7.11 Å². The van der Waals surface area contributed by atoms with Gasteiger partial charge in [-0.15, -0.1) is 0 Å². The van der Waals surface area contributed by atoms with Crippen molar-refractivity contribution in [1.82, 2.24) is 5.32 Å². The van der Waals surface area contributed by atoms with Crippen LogP contribution in [0.5, 0.6) is 5.75 Å². The molecule has 3 saturated carbocycles. The van der Waals surface area contributed by atoms with Crippen LogP contribution in [0.3, 0.4) is 0 Å². The van der Waals surface area contributed by atoms with E-state index in [2.05, 4.69) is 17.4 Å². The predicted octanol–water partition coefficient (Wildman–Crippen LogP) is 3.53. The summed E-state index contributed by atoms with van der Waals surface area (Å²) in [5.41, 5.74) is 7.04. The summed E-state index contributed by atoms with van der Waals surface area (Å²) in [6.07, 6.45) is 10.0.